The van der Waals surface area contributed by atoms with Crippen molar-refractivity contribution in [2.45, 2.75) is 33.3 Å². The number of hydrogen-bond donors (Lipinski definition) is 2. The molecule has 0 radical (unpaired) electrons. The van der Waals surface area contributed by atoms with Gasteiger partial charge in [-0.2, -0.15) is 0 Å². The van der Waals surface area contributed by atoms with Crippen LogP contribution < -0.4 is 10.6 Å². The quantitative estimate of drug-likeness (QED) is 0.480. The topological polar surface area (TPSA) is 85.9 Å². The fourth-order valence-corrected chi connectivity index (χ4v) is 1.19. The molecule has 0 aliphatic carbocycles. The van der Waals surface area contributed by atoms with Crippen LogP contribution in [-0.2, 0) is 19.0 Å². The first-order valence-electron chi connectivity index (χ1n) is 6.76. The van der Waals surface area contributed by atoms with E-state index < -0.39 is 11.7 Å². The van der Waals surface area contributed by atoms with Gasteiger partial charge in [0.25, 0.3) is 0 Å². The van der Waals surface area contributed by atoms with Crippen LogP contribution in [0.1, 0.15) is 27.7 Å². The summed E-state index contributed by atoms with van der Waals surface area (Å²) in [4.78, 5) is 22.3. The molecule has 118 valence electrons. The largest absolute Gasteiger partial charge is 0.465 e. The monoisotopic (exact) mass is 290 g/mol. The Morgan fingerprint density at radius 1 is 1.10 bits per heavy atom. The van der Waals surface area contributed by atoms with Gasteiger partial charge in [0.1, 0.15) is 5.60 Å². The van der Waals surface area contributed by atoms with E-state index in [4.69, 9.17) is 14.2 Å². The van der Waals surface area contributed by atoms with Gasteiger partial charge in [0.05, 0.1) is 26.4 Å². The molecule has 0 unspecified atom stereocenters. The van der Waals surface area contributed by atoms with Crippen LogP contribution in [0.5, 0.6) is 0 Å². The highest BCUT2D eigenvalue weighted by Gasteiger charge is 2.15. The zero-order chi connectivity index (χ0) is 15.4. The molecule has 7 nitrogen and oxygen atoms in total. The first-order valence-corrected chi connectivity index (χ1v) is 6.76. The van der Waals surface area contributed by atoms with Gasteiger partial charge in [-0.05, 0) is 27.7 Å². The lowest BCUT2D eigenvalue weighted by Gasteiger charge is -2.19. The van der Waals surface area contributed by atoms with Gasteiger partial charge in [0.15, 0.2) is 0 Å². The van der Waals surface area contributed by atoms with Crippen LogP contribution in [-0.4, -0.2) is 57.1 Å². The first-order chi connectivity index (χ1) is 9.35. The fourth-order valence-electron chi connectivity index (χ4n) is 1.19. The van der Waals surface area contributed by atoms with E-state index in [2.05, 4.69) is 10.6 Å². The number of amides is 1. The van der Waals surface area contributed by atoms with Crippen molar-refractivity contribution >= 4 is 12.1 Å². The highest BCUT2D eigenvalue weighted by atomic mass is 16.6. The zero-order valence-electron chi connectivity index (χ0n) is 12.8. The van der Waals surface area contributed by atoms with Crippen LogP contribution in [0.25, 0.3) is 0 Å². The molecule has 0 bridgehead atoms. The van der Waals surface area contributed by atoms with Gasteiger partial charge < -0.3 is 24.8 Å². The van der Waals surface area contributed by atoms with E-state index in [0.29, 0.717) is 32.9 Å². The number of carbonyl (C=O) groups is 2. The normalized spacial score (nSPS) is 11.0. The second kappa shape index (κ2) is 10.4. The Bertz CT molecular complexity index is 289. The molecule has 0 aromatic rings. The van der Waals surface area contributed by atoms with E-state index in [1.807, 2.05) is 0 Å². The number of rotatable bonds is 9. The molecular formula is C13H26N2O5. The van der Waals surface area contributed by atoms with Gasteiger partial charge in [0.2, 0.25) is 0 Å². The zero-order valence-corrected chi connectivity index (χ0v) is 12.8. The van der Waals surface area contributed by atoms with Gasteiger partial charge in [-0.3, -0.25) is 4.79 Å². The SMILES string of the molecule is CCOC(=O)CNCCOCCNC(=O)OC(C)(C)C. The number of alkyl carbamates (subject to hydrolysis) is 1. The van der Waals surface area contributed by atoms with E-state index in [9.17, 15) is 9.59 Å². The number of hydrogen-bond acceptors (Lipinski definition) is 6. The molecule has 0 atom stereocenters. The molecular weight excluding hydrogens is 264 g/mol. The van der Waals surface area contributed by atoms with Crippen molar-refractivity contribution in [1.29, 1.82) is 0 Å². The standard InChI is InChI=1S/C13H26N2O5/c1-5-19-11(16)10-14-6-8-18-9-7-15-12(17)20-13(2,3)4/h14H,5-10H2,1-4H3,(H,15,17). The first kappa shape index (κ1) is 18.7. The van der Waals surface area contributed by atoms with E-state index in [1.165, 1.54) is 0 Å². The van der Waals surface area contributed by atoms with Crippen LogP contribution in [0.2, 0.25) is 0 Å². The summed E-state index contributed by atoms with van der Waals surface area (Å²) < 4.78 is 15.1. The van der Waals surface area contributed by atoms with Crippen molar-refractivity contribution < 1.29 is 23.8 Å². The molecule has 2 N–H and O–H groups in total. The minimum Gasteiger partial charge on any atom is -0.465 e. The lowest BCUT2D eigenvalue weighted by Crippen LogP contribution is -2.34. The van der Waals surface area contributed by atoms with Crippen molar-refractivity contribution in [1.82, 2.24) is 10.6 Å². The van der Waals surface area contributed by atoms with Crippen molar-refractivity contribution in [3.63, 3.8) is 0 Å². The van der Waals surface area contributed by atoms with E-state index >= 15 is 0 Å². The summed E-state index contributed by atoms with van der Waals surface area (Å²) in [5, 5.41) is 5.47. The lowest BCUT2D eigenvalue weighted by atomic mass is 10.2. The molecule has 0 saturated heterocycles. The Hall–Kier alpha value is -1.34. The third-order valence-corrected chi connectivity index (χ3v) is 1.91. The van der Waals surface area contributed by atoms with Gasteiger partial charge in [0, 0.05) is 13.1 Å². The lowest BCUT2D eigenvalue weighted by molar-refractivity contribution is -0.142. The van der Waals surface area contributed by atoms with Crippen molar-refractivity contribution in [2.24, 2.45) is 0 Å². The molecule has 7 heteroatoms. The van der Waals surface area contributed by atoms with E-state index in [0.717, 1.165) is 0 Å². The maximum absolute atomic E-state index is 11.3. The predicted octanol–water partition coefficient (Wildman–Crippen LogP) is 0.680. The highest BCUT2D eigenvalue weighted by molar-refractivity contribution is 5.71. The van der Waals surface area contributed by atoms with Gasteiger partial charge in [-0.1, -0.05) is 0 Å². The molecule has 20 heavy (non-hydrogen) atoms. The van der Waals surface area contributed by atoms with Crippen LogP contribution in [0.15, 0.2) is 0 Å². The fraction of sp³-hybridized carbons (Fsp3) is 0.846. The molecule has 0 heterocycles. The van der Waals surface area contributed by atoms with Crippen LogP contribution in [0.4, 0.5) is 4.79 Å². The van der Waals surface area contributed by atoms with Gasteiger partial charge >= 0.3 is 12.1 Å². The summed E-state index contributed by atoms with van der Waals surface area (Å²) in [6.07, 6.45) is -0.457. The molecule has 0 aromatic heterocycles. The van der Waals surface area contributed by atoms with Gasteiger partial charge in [-0.15, -0.1) is 0 Å². The summed E-state index contributed by atoms with van der Waals surface area (Å²) in [5.41, 5.74) is -0.498. The second-order valence-electron chi connectivity index (χ2n) is 5.02. The number of nitrogens with one attached hydrogen (secondary N) is 2. The maximum Gasteiger partial charge on any atom is 0.407 e. The summed E-state index contributed by atoms with van der Waals surface area (Å²) >= 11 is 0. The molecule has 0 spiro atoms. The number of carbonyl (C=O) groups excluding carboxylic acids is 2. The molecule has 0 rings (SSSR count). The molecule has 1 amide bonds. The second-order valence-corrected chi connectivity index (χ2v) is 5.02. The van der Waals surface area contributed by atoms with Crippen molar-refractivity contribution in [3.05, 3.63) is 0 Å². The average molecular weight is 290 g/mol. The van der Waals surface area contributed by atoms with Crippen LogP contribution in [0, 0.1) is 0 Å². The molecule has 0 aromatic carbocycles. The molecule has 0 aliphatic rings. The third-order valence-electron chi connectivity index (χ3n) is 1.91. The highest BCUT2D eigenvalue weighted by Crippen LogP contribution is 2.05. The summed E-state index contributed by atoms with van der Waals surface area (Å²) in [6, 6.07) is 0. The Morgan fingerprint density at radius 2 is 1.75 bits per heavy atom. The van der Waals surface area contributed by atoms with Crippen LogP contribution >= 0.6 is 0 Å². The number of esters is 1. The van der Waals surface area contributed by atoms with E-state index in [-0.39, 0.29) is 12.5 Å². The Morgan fingerprint density at radius 3 is 2.35 bits per heavy atom. The minimum absolute atomic E-state index is 0.174. The minimum atomic E-state index is -0.498. The third kappa shape index (κ3) is 13.1. The molecule has 0 fully saturated rings. The smallest absolute Gasteiger partial charge is 0.407 e. The Kier molecular flexibility index (Phi) is 9.75. The average Bonchev–Trinajstić information content (AvgIpc) is 2.30. The van der Waals surface area contributed by atoms with E-state index in [1.54, 1.807) is 27.7 Å². The maximum atomic E-state index is 11.3. The Balaban J connectivity index is 3.33. The summed E-state index contributed by atoms with van der Waals surface area (Å²) in [6.45, 7) is 9.50. The number of ether oxygens (including phenoxy) is 3. The summed E-state index contributed by atoms with van der Waals surface area (Å²) in [5.74, 6) is -0.279. The van der Waals surface area contributed by atoms with Crippen molar-refractivity contribution in [3.8, 4) is 0 Å². The molecule has 0 saturated carbocycles. The van der Waals surface area contributed by atoms with Crippen LogP contribution in [0.3, 0.4) is 0 Å². The Labute approximate surface area is 120 Å². The molecule has 0 aliphatic heterocycles. The van der Waals surface area contributed by atoms with Gasteiger partial charge in [-0.25, -0.2) is 4.79 Å². The van der Waals surface area contributed by atoms with Crippen molar-refractivity contribution in [2.75, 3.05) is 39.5 Å². The summed E-state index contributed by atoms with van der Waals surface area (Å²) in [7, 11) is 0. The predicted molar refractivity (Wildman–Crippen MR) is 74.6 cm³/mol.